The maximum atomic E-state index is 14.8. The van der Waals surface area contributed by atoms with Crippen molar-refractivity contribution < 1.29 is 4.39 Å². The number of benzene rings is 1. The first-order valence-corrected chi connectivity index (χ1v) is 11.3. The molecule has 3 aromatic heterocycles. The SMILES string of the molecule is CC.CC.CCNc1cccc(-c2nn3ccccc3c2-c2nc(NCC)ncc2F)c1. The molecular formula is C25H33FN6. The summed E-state index contributed by atoms with van der Waals surface area (Å²) in [5.74, 6) is -0.0916. The van der Waals surface area contributed by atoms with Crippen LogP contribution in [0.25, 0.3) is 28.0 Å². The molecule has 7 heteroatoms. The summed E-state index contributed by atoms with van der Waals surface area (Å²) in [4.78, 5) is 8.46. The molecule has 4 aromatic rings. The summed E-state index contributed by atoms with van der Waals surface area (Å²) in [5.41, 5.74) is 4.21. The first-order valence-electron chi connectivity index (χ1n) is 11.3. The third-order valence-corrected chi connectivity index (χ3v) is 4.37. The summed E-state index contributed by atoms with van der Waals surface area (Å²) < 4.78 is 16.5. The minimum atomic E-state index is -0.482. The van der Waals surface area contributed by atoms with Crippen LogP contribution in [0.15, 0.2) is 54.9 Å². The summed E-state index contributed by atoms with van der Waals surface area (Å²) in [7, 11) is 0. The largest absolute Gasteiger partial charge is 0.385 e. The molecule has 0 fully saturated rings. The minimum Gasteiger partial charge on any atom is -0.385 e. The molecule has 0 aliphatic carbocycles. The number of nitrogens with zero attached hydrogens (tertiary/aromatic N) is 4. The van der Waals surface area contributed by atoms with Gasteiger partial charge in [0.25, 0.3) is 0 Å². The molecule has 0 atom stereocenters. The lowest BCUT2D eigenvalue weighted by molar-refractivity contribution is 0.619. The third-order valence-electron chi connectivity index (χ3n) is 4.37. The van der Waals surface area contributed by atoms with E-state index >= 15 is 0 Å². The van der Waals surface area contributed by atoms with E-state index < -0.39 is 5.82 Å². The smallest absolute Gasteiger partial charge is 0.223 e. The molecule has 0 aliphatic heterocycles. The van der Waals surface area contributed by atoms with Crippen LogP contribution in [0.3, 0.4) is 0 Å². The van der Waals surface area contributed by atoms with Crippen molar-refractivity contribution in [3.63, 3.8) is 0 Å². The van der Waals surface area contributed by atoms with E-state index in [9.17, 15) is 4.39 Å². The van der Waals surface area contributed by atoms with Gasteiger partial charge >= 0.3 is 0 Å². The van der Waals surface area contributed by atoms with Crippen molar-refractivity contribution in [3.8, 4) is 22.5 Å². The first-order chi connectivity index (χ1) is 15.7. The van der Waals surface area contributed by atoms with Gasteiger partial charge < -0.3 is 10.6 Å². The molecule has 2 N–H and O–H groups in total. The zero-order valence-electron chi connectivity index (χ0n) is 19.8. The van der Waals surface area contributed by atoms with Crippen LogP contribution >= 0.6 is 0 Å². The molecular weight excluding hydrogens is 403 g/mol. The fourth-order valence-corrected chi connectivity index (χ4v) is 3.20. The lowest BCUT2D eigenvalue weighted by Gasteiger charge is -2.09. The minimum absolute atomic E-state index is 0.232. The van der Waals surface area contributed by atoms with Crippen molar-refractivity contribution in [1.82, 2.24) is 19.6 Å². The van der Waals surface area contributed by atoms with Gasteiger partial charge in [0.05, 0.1) is 17.3 Å². The average molecular weight is 437 g/mol. The van der Waals surface area contributed by atoms with Crippen LogP contribution in [-0.4, -0.2) is 32.7 Å². The highest BCUT2D eigenvalue weighted by Gasteiger charge is 2.21. The van der Waals surface area contributed by atoms with Gasteiger partial charge in [-0.15, -0.1) is 0 Å². The number of pyridine rings is 1. The Morgan fingerprint density at radius 1 is 0.906 bits per heavy atom. The molecule has 0 aliphatic rings. The Morgan fingerprint density at radius 3 is 2.38 bits per heavy atom. The molecule has 170 valence electrons. The Balaban J connectivity index is 0.000000860. The summed E-state index contributed by atoms with van der Waals surface area (Å²) in [5, 5.41) is 11.1. The molecule has 0 saturated carbocycles. The molecule has 0 saturated heterocycles. The monoisotopic (exact) mass is 436 g/mol. The van der Waals surface area contributed by atoms with Gasteiger partial charge in [0.1, 0.15) is 11.4 Å². The average Bonchev–Trinajstić information content (AvgIpc) is 3.23. The normalized spacial score (nSPS) is 9.97. The summed E-state index contributed by atoms with van der Waals surface area (Å²) in [6.07, 6.45) is 3.05. The molecule has 0 spiro atoms. The standard InChI is InChI=1S/C21H21FN6.2C2H6/c1-3-23-15-9-7-8-14(12-15)19-18(17-10-5-6-11-28(17)27-19)20-16(22)13-25-21(26-20)24-4-2;2*1-2/h5-13,23H,3-4H2,1-2H3,(H,24,25,26);2*1-2H3. The van der Waals surface area contributed by atoms with Crippen LogP contribution in [0.4, 0.5) is 16.0 Å². The van der Waals surface area contributed by atoms with Gasteiger partial charge in [0, 0.05) is 30.5 Å². The van der Waals surface area contributed by atoms with Crippen LogP contribution in [0, 0.1) is 5.82 Å². The van der Waals surface area contributed by atoms with Crippen LogP contribution in [0.2, 0.25) is 0 Å². The highest BCUT2D eigenvalue weighted by atomic mass is 19.1. The molecule has 0 radical (unpaired) electrons. The van der Waals surface area contributed by atoms with Crippen molar-refractivity contribution in [3.05, 3.63) is 60.7 Å². The van der Waals surface area contributed by atoms with Gasteiger partial charge in [-0.2, -0.15) is 5.10 Å². The zero-order chi connectivity index (χ0) is 23.5. The van der Waals surface area contributed by atoms with Crippen LogP contribution in [0.1, 0.15) is 41.5 Å². The van der Waals surface area contributed by atoms with E-state index in [-0.39, 0.29) is 5.69 Å². The Kier molecular flexibility index (Phi) is 9.60. The molecule has 1 aromatic carbocycles. The van der Waals surface area contributed by atoms with Crippen molar-refractivity contribution in [2.24, 2.45) is 0 Å². The van der Waals surface area contributed by atoms with Gasteiger partial charge in [-0.25, -0.2) is 18.9 Å². The van der Waals surface area contributed by atoms with E-state index in [4.69, 9.17) is 5.10 Å². The second-order valence-electron chi connectivity index (χ2n) is 6.29. The van der Waals surface area contributed by atoms with Gasteiger partial charge in [0.15, 0.2) is 5.82 Å². The number of fused-ring (bicyclic) bond motifs is 1. The van der Waals surface area contributed by atoms with E-state index in [1.165, 1.54) is 6.20 Å². The summed E-state index contributed by atoms with van der Waals surface area (Å²) in [6, 6.07) is 13.6. The molecule has 3 heterocycles. The zero-order valence-corrected chi connectivity index (χ0v) is 19.8. The highest BCUT2D eigenvalue weighted by Crippen LogP contribution is 2.36. The molecule has 4 rings (SSSR count). The Hall–Kier alpha value is -3.48. The second-order valence-corrected chi connectivity index (χ2v) is 6.29. The number of rotatable bonds is 6. The Labute approximate surface area is 189 Å². The van der Waals surface area contributed by atoms with E-state index in [2.05, 4.69) is 20.6 Å². The van der Waals surface area contributed by atoms with E-state index in [0.29, 0.717) is 23.8 Å². The molecule has 32 heavy (non-hydrogen) atoms. The van der Waals surface area contributed by atoms with Gasteiger partial charge in [-0.3, -0.25) is 0 Å². The Morgan fingerprint density at radius 2 is 1.66 bits per heavy atom. The van der Waals surface area contributed by atoms with Crippen LogP contribution in [0.5, 0.6) is 0 Å². The van der Waals surface area contributed by atoms with Gasteiger partial charge in [-0.05, 0) is 38.1 Å². The van der Waals surface area contributed by atoms with E-state index in [1.54, 1.807) is 4.52 Å². The summed E-state index contributed by atoms with van der Waals surface area (Å²) >= 11 is 0. The molecule has 6 nitrogen and oxygen atoms in total. The molecule has 0 unspecified atom stereocenters. The fraction of sp³-hybridized carbons (Fsp3) is 0.320. The molecule has 0 bridgehead atoms. The fourth-order valence-electron chi connectivity index (χ4n) is 3.20. The maximum Gasteiger partial charge on any atom is 0.223 e. The third kappa shape index (κ3) is 5.41. The Bertz CT molecular complexity index is 1120. The van der Waals surface area contributed by atoms with Crippen molar-refractivity contribution in [2.45, 2.75) is 41.5 Å². The topological polar surface area (TPSA) is 67.1 Å². The van der Waals surface area contributed by atoms with Gasteiger partial charge in [-0.1, -0.05) is 45.9 Å². The number of aromatic nitrogens is 4. The number of hydrogen-bond acceptors (Lipinski definition) is 5. The van der Waals surface area contributed by atoms with Crippen molar-refractivity contribution in [1.29, 1.82) is 0 Å². The predicted molar refractivity (Wildman–Crippen MR) is 133 cm³/mol. The van der Waals surface area contributed by atoms with Crippen molar-refractivity contribution in [2.75, 3.05) is 23.7 Å². The van der Waals surface area contributed by atoms with Crippen LogP contribution < -0.4 is 10.6 Å². The lowest BCUT2D eigenvalue weighted by Crippen LogP contribution is -2.04. The van der Waals surface area contributed by atoms with Crippen molar-refractivity contribution >= 4 is 17.2 Å². The number of halogens is 1. The second kappa shape index (κ2) is 12.4. The lowest BCUT2D eigenvalue weighted by atomic mass is 10.0. The quantitative estimate of drug-likeness (QED) is 0.360. The molecule has 0 amide bonds. The predicted octanol–water partition coefficient (Wildman–Crippen LogP) is 6.51. The van der Waals surface area contributed by atoms with Gasteiger partial charge in [0.2, 0.25) is 5.95 Å². The maximum absolute atomic E-state index is 14.8. The highest BCUT2D eigenvalue weighted by molar-refractivity contribution is 5.91. The van der Waals surface area contributed by atoms with E-state index in [1.807, 2.05) is 90.2 Å². The number of hydrogen-bond donors (Lipinski definition) is 2. The number of nitrogens with one attached hydrogen (secondary N) is 2. The van der Waals surface area contributed by atoms with E-state index in [0.717, 1.165) is 23.3 Å². The number of anilines is 2. The van der Waals surface area contributed by atoms with Crippen LogP contribution in [-0.2, 0) is 0 Å². The summed E-state index contributed by atoms with van der Waals surface area (Å²) in [6.45, 7) is 13.5. The first kappa shape index (κ1) is 24.8.